The van der Waals surface area contributed by atoms with Gasteiger partial charge in [0.05, 0.1) is 6.61 Å². The Morgan fingerprint density at radius 2 is 1.70 bits per heavy atom. The van der Waals surface area contributed by atoms with Gasteiger partial charge in [0.15, 0.2) is 6.10 Å². The molecule has 1 aromatic rings. The number of hydrogen-bond acceptors (Lipinski definition) is 9. The van der Waals surface area contributed by atoms with Crippen molar-refractivity contribution in [3.05, 3.63) is 46.3 Å². The summed E-state index contributed by atoms with van der Waals surface area (Å²) in [7, 11) is 0. The number of nitrogens with zero attached hydrogens (tertiary/aromatic N) is 3. The molecule has 0 radical (unpaired) electrons. The summed E-state index contributed by atoms with van der Waals surface area (Å²) in [6, 6.07) is 7.98. The molecule has 1 fully saturated rings. The molecule has 0 spiro atoms. The third-order valence-corrected chi connectivity index (χ3v) is 4.12. The predicted molar refractivity (Wildman–Crippen MR) is 101 cm³/mol. The van der Waals surface area contributed by atoms with Gasteiger partial charge in [0, 0.05) is 25.7 Å². The van der Waals surface area contributed by atoms with Crippen molar-refractivity contribution < 1.29 is 38.1 Å². The first-order valence-electron chi connectivity index (χ1n) is 9.14. The van der Waals surface area contributed by atoms with Crippen molar-refractivity contribution in [2.75, 3.05) is 6.61 Å². The molecule has 1 heterocycles. The van der Waals surface area contributed by atoms with E-state index in [9.17, 15) is 14.4 Å². The number of carbonyl (C=O) groups excluding carboxylic acids is 3. The first-order valence-corrected chi connectivity index (χ1v) is 9.14. The maximum Gasteiger partial charge on any atom is 0.304 e. The van der Waals surface area contributed by atoms with Crippen molar-refractivity contribution in [3.63, 3.8) is 0 Å². The number of hydrogen-bond donors (Lipinski definition) is 0. The zero-order valence-electron chi connectivity index (χ0n) is 16.8. The van der Waals surface area contributed by atoms with Crippen molar-refractivity contribution in [3.8, 4) is 0 Å². The minimum atomic E-state index is -1.33. The van der Waals surface area contributed by atoms with Gasteiger partial charge in [-0.05, 0) is 11.1 Å². The second-order valence-corrected chi connectivity index (χ2v) is 6.49. The van der Waals surface area contributed by atoms with E-state index in [1.165, 1.54) is 13.8 Å². The molecule has 0 N–H and O–H groups in total. The van der Waals surface area contributed by atoms with Gasteiger partial charge in [-0.3, -0.25) is 14.4 Å². The number of benzene rings is 1. The van der Waals surface area contributed by atoms with Crippen LogP contribution in [0.15, 0.2) is 35.4 Å². The summed E-state index contributed by atoms with van der Waals surface area (Å²) in [6.07, 6.45) is -4.48. The summed E-state index contributed by atoms with van der Waals surface area (Å²) in [5, 5.41) is 3.65. The molecule has 162 valence electrons. The second-order valence-electron chi connectivity index (χ2n) is 6.49. The average molecular weight is 421 g/mol. The molecular weight excluding hydrogens is 398 g/mol. The molecule has 5 atom stereocenters. The average Bonchev–Trinajstić information content (AvgIpc) is 2.68. The van der Waals surface area contributed by atoms with Crippen LogP contribution in [0.25, 0.3) is 10.4 Å². The zero-order chi connectivity index (χ0) is 22.1. The van der Waals surface area contributed by atoms with Gasteiger partial charge in [-0.15, -0.1) is 0 Å². The summed E-state index contributed by atoms with van der Waals surface area (Å²) in [6.45, 7) is 3.36. The molecule has 0 aromatic heterocycles. The highest BCUT2D eigenvalue weighted by molar-refractivity contribution is 5.67. The standard InChI is InChI=1S/C19H23N3O8/c1-11(23)26-10-15-17(28-12(2)24)18(27-9-14-7-5-4-6-8-14)16(21-22-20)19(30-15)29-13(3)25/h4-8,15-19H,9-10H2,1-3H3/t15-,16-,17-,18-,19?/m1/s1. The fourth-order valence-corrected chi connectivity index (χ4v) is 2.96. The number of azide groups is 1. The molecule has 30 heavy (non-hydrogen) atoms. The Bertz CT molecular complexity index is 796. The van der Waals surface area contributed by atoms with Gasteiger partial charge in [-0.1, -0.05) is 35.4 Å². The molecule has 1 saturated heterocycles. The van der Waals surface area contributed by atoms with Gasteiger partial charge in [-0.2, -0.15) is 0 Å². The molecule has 0 bridgehead atoms. The maximum atomic E-state index is 11.7. The van der Waals surface area contributed by atoms with E-state index < -0.39 is 48.6 Å². The second kappa shape index (κ2) is 11.1. The largest absolute Gasteiger partial charge is 0.463 e. The monoisotopic (exact) mass is 421 g/mol. The van der Waals surface area contributed by atoms with Gasteiger partial charge in [0.1, 0.15) is 24.9 Å². The van der Waals surface area contributed by atoms with Crippen LogP contribution < -0.4 is 0 Å². The SMILES string of the molecule is CC(=O)OC[C@H]1OC(OC(C)=O)[C@H](N=[N+]=[N-])[C@@H](OCc2ccccc2)[C@@H]1OC(C)=O. The highest BCUT2D eigenvalue weighted by Gasteiger charge is 2.50. The lowest BCUT2D eigenvalue weighted by Crippen LogP contribution is -2.61. The van der Waals surface area contributed by atoms with Crippen molar-refractivity contribution in [2.24, 2.45) is 5.11 Å². The highest BCUT2D eigenvalue weighted by Crippen LogP contribution is 2.30. The van der Waals surface area contributed by atoms with Crippen LogP contribution in [0.1, 0.15) is 26.3 Å². The molecule has 1 unspecified atom stereocenters. The van der Waals surface area contributed by atoms with Crippen LogP contribution in [-0.4, -0.2) is 55.2 Å². The Balaban J connectivity index is 2.37. The third-order valence-electron chi connectivity index (χ3n) is 4.12. The number of ether oxygens (including phenoxy) is 5. The maximum absolute atomic E-state index is 11.7. The van der Waals surface area contributed by atoms with E-state index >= 15 is 0 Å². The Morgan fingerprint density at radius 1 is 1.03 bits per heavy atom. The summed E-state index contributed by atoms with van der Waals surface area (Å²) >= 11 is 0. The first kappa shape index (κ1) is 23.1. The molecule has 1 aliphatic rings. The number of carbonyl (C=O) groups is 3. The van der Waals surface area contributed by atoms with Crippen LogP contribution in [0.3, 0.4) is 0 Å². The molecule has 0 amide bonds. The van der Waals surface area contributed by atoms with Crippen molar-refractivity contribution in [1.29, 1.82) is 0 Å². The minimum Gasteiger partial charge on any atom is -0.463 e. The number of rotatable bonds is 8. The van der Waals surface area contributed by atoms with E-state index in [1.807, 2.05) is 30.3 Å². The van der Waals surface area contributed by atoms with Crippen LogP contribution in [0.2, 0.25) is 0 Å². The van der Waals surface area contributed by atoms with E-state index in [0.717, 1.165) is 12.5 Å². The molecule has 0 saturated carbocycles. The Kier molecular flexibility index (Phi) is 8.60. The molecule has 1 aliphatic heterocycles. The lowest BCUT2D eigenvalue weighted by atomic mass is 9.96. The summed E-state index contributed by atoms with van der Waals surface area (Å²) in [4.78, 5) is 37.3. The summed E-state index contributed by atoms with van der Waals surface area (Å²) in [5.41, 5.74) is 9.82. The van der Waals surface area contributed by atoms with Crippen LogP contribution in [0.5, 0.6) is 0 Å². The van der Waals surface area contributed by atoms with E-state index in [2.05, 4.69) is 10.0 Å². The predicted octanol–water partition coefficient (Wildman–Crippen LogP) is 2.03. The summed E-state index contributed by atoms with van der Waals surface area (Å²) < 4.78 is 27.1. The quantitative estimate of drug-likeness (QED) is 0.204. The van der Waals surface area contributed by atoms with Crippen LogP contribution in [0, 0.1) is 0 Å². The van der Waals surface area contributed by atoms with Gasteiger partial charge in [0.2, 0.25) is 6.29 Å². The smallest absolute Gasteiger partial charge is 0.304 e. The van der Waals surface area contributed by atoms with Gasteiger partial charge in [-0.25, -0.2) is 0 Å². The van der Waals surface area contributed by atoms with Gasteiger partial charge < -0.3 is 23.7 Å². The normalized spacial score (nSPS) is 25.5. The third kappa shape index (κ3) is 6.73. The van der Waals surface area contributed by atoms with Crippen molar-refractivity contribution in [1.82, 2.24) is 0 Å². The van der Waals surface area contributed by atoms with E-state index in [-0.39, 0.29) is 13.2 Å². The lowest BCUT2D eigenvalue weighted by molar-refractivity contribution is -0.271. The van der Waals surface area contributed by atoms with E-state index in [4.69, 9.17) is 29.2 Å². The topological polar surface area (TPSA) is 146 Å². The zero-order valence-corrected chi connectivity index (χ0v) is 16.8. The fraction of sp³-hybridized carbons (Fsp3) is 0.526. The molecule has 1 aromatic carbocycles. The Labute approximate surface area is 172 Å². The highest BCUT2D eigenvalue weighted by atomic mass is 16.7. The lowest BCUT2D eigenvalue weighted by Gasteiger charge is -2.43. The molecule has 2 rings (SSSR count). The molecule has 0 aliphatic carbocycles. The molecule has 11 heteroatoms. The van der Waals surface area contributed by atoms with Gasteiger partial charge in [0.25, 0.3) is 0 Å². The first-order chi connectivity index (χ1) is 14.3. The molecular formula is C19H23N3O8. The van der Waals surface area contributed by atoms with Gasteiger partial charge >= 0.3 is 17.9 Å². The Hall–Kier alpha value is -3.14. The number of esters is 3. The Morgan fingerprint density at radius 3 is 2.27 bits per heavy atom. The van der Waals surface area contributed by atoms with Crippen molar-refractivity contribution >= 4 is 17.9 Å². The summed E-state index contributed by atoms with van der Waals surface area (Å²) in [5.74, 6) is -1.91. The molecule has 11 nitrogen and oxygen atoms in total. The van der Waals surface area contributed by atoms with E-state index in [0.29, 0.717) is 0 Å². The fourth-order valence-electron chi connectivity index (χ4n) is 2.96. The minimum absolute atomic E-state index is 0.0911. The van der Waals surface area contributed by atoms with Crippen LogP contribution >= 0.6 is 0 Å². The van der Waals surface area contributed by atoms with E-state index in [1.54, 1.807) is 0 Å². The van der Waals surface area contributed by atoms with Crippen LogP contribution in [-0.2, 0) is 44.7 Å². The van der Waals surface area contributed by atoms with Crippen molar-refractivity contribution in [2.45, 2.75) is 58.0 Å². The van der Waals surface area contributed by atoms with Crippen LogP contribution in [0.4, 0.5) is 0 Å².